The minimum Gasteiger partial charge on any atom is -0.497 e. The Morgan fingerprint density at radius 2 is 2.23 bits per heavy atom. The van der Waals surface area contributed by atoms with Crippen LogP contribution in [0.3, 0.4) is 0 Å². The maximum atomic E-state index is 12.6. The van der Waals surface area contributed by atoms with Crippen LogP contribution in [0.25, 0.3) is 11.4 Å². The molecule has 1 amide bonds. The van der Waals surface area contributed by atoms with Crippen LogP contribution < -0.4 is 4.74 Å². The number of piperidine rings is 1. The maximum absolute atomic E-state index is 12.6. The van der Waals surface area contributed by atoms with Gasteiger partial charge in [0.1, 0.15) is 11.8 Å². The van der Waals surface area contributed by atoms with Gasteiger partial charge in [-0.3, -0.25) is 4.79 Å². The summed E-state index contributed by atoms with van der Waals surface area (Å²) in [5.74, 6) is 2.01. The zero-order chi connectivity index (χ0) is 18.4. The van der Waals surface area contributed by atoms with Gasteiger partial charge in [-0.2, -0.15) is 4.98 Å². The lowest BCUT2D eigenvalue weighted by atomic mass is 10.0. The summed E-state index contributed by atoms with van der Waals surface area (Å²) in [7, 11) is 1.63. The number of rotatable bonds is 7. The van der Waals surface area contributed by atoms with Gasteiger partial charge in [-0.05, 0) is 37.8 Å². The van der Waals surface area contributed by atoms with Gasteiger partial charge in [0.25, 0.3) is 0 Å². The summed E-state index contributed by atoms with van der Waals surface area (Å²) in [6.07, 6.45) is 6.72. The summed E-state index contributed by atoms with van der Waals surface area (Å²) in [6.45, 7) is 2.92. The standard InChI is InChI=1S/C20H27N3O3/c1-3-4-5-12-18(24)23-13-7-6-11-17(23)20-21-19(22-26-20)15-9-8-10-16(14-15)25-2/h8-10,14,17H,3-7,11-13H2,1-2H3/t17-/m0/s1. The number of carbonyl (C=O) groups excluding carboxylic acids is 1. The number of aromatic nitrogens is 2. The van der Waals surface area contributed by atoms with Crippen LogP contribution in [0.15, 0.2) is 28.8 Å². The number of amides is 1. The second kappa shape index (κ2) is 8.83. The highest BCUT2D eigenvalue weighted by molar-refractivity contribution is 5.76. The first-order valence-electron chi connectivity index (χ1n) is 9.50. The van der Waals surface area contributed by atoms with Crippen molar-refractivity contribution in [3.8, 4) is 17.1 Å². The summed E-state index contributed by atoms with van der Waals surface area (Å²) in [4.78, 5) is 19.2. The first-order valence-corrected chi connectivity index (χ1v) is 9.50. The highest BCUT2D eigenvalue weighted by Gasteiger charge is 2.31. The molecule has 1 aromatic heterocycles. The smallest absolute Gasteiger partial charge is 0.249 e. The fourth-order valence-corrected chi connectivity index (χ4v) is 3.41. The fourth-order valence-electron chi connectivity index (χ4n) is 3.41. The van der Waals surface area contributed by atoms with E-state index in [1.807, 2.05) is 29.2 Å². The molecule has 0 bridgehead atoms. The molecule has 6 nitrogen and oxygen atoms in total. The average Bonchev–Trinajstić information content (AvgIpc) is 3.18. The van der Waals surface area contributed by atoms with E-state index < -0.39 is 0 Å². The van der Waals surface area contributed by atoms with E-state index in [0.717, 1.165) is 56.4 Å². The molecule has 6 heteroatoms. The van der Waals surface area contributed by atoms with Crippen LogP contribution >= 0.6 is 0 Å². The average molecular weight is 357 g/mol. The van der Waals surface area contributed by atoms with Crippen molar-refractivity contribution < 1.29 is 14.1 Å². The molecule has 2 aromatic rings. The Hall–Kier alpha value is -2.37. The second-order valence-electron chi connectivity index (χ2n) is 6.74. The van der Waals surface area contributed by atoms with Crippen LogP contribution in [0.2, 0.25) is 0 Å². The summed E-state index contributed by atoms with van der Waals surface area (Å²) in [5.41, 5.74) is 0.844. The number of benzene rings is 1. The highest BCUT2D eigenvalue weighted by Crippen LogP contribution is 2.32. The van der Waals surface area contributed by atoms with Gasteiger partial charge in [-0.25, -0.2) is 0 Å². The number of hydrogen-bond acceptors (Lipinski definition) is 5. The number of carbonyl (C=O) groups is 1. The van der Waals surface area contributed by atoms with Gasteiger partial charge in [-0.1, -0.05) is 37.1 Å². The molecule has 26 heavy (non-hydrogen) atoms. The molecule has 0 unspecified atom stereocenters. The van der Waals surface area contributed by atoms with Gasteiger partial charge in [0.05, 0.1) is 7.11 Å². The van der Waals surface area contributed by atoms with Gasteiger partial charge in [0.2, 0.25) is 17.6 Å². The Morgan fingerprint density at radius 3 is 3.04 bits per heavy atom. The van der Waals surface area contributed by atoms with Crippen LogP contribution in [0.1, 0.15) is 63.8 Å². The normalized spacial score (nSPS) is 17.3. The zero-order valence-corrected chi connectivity index (χ0v) is 15.6. The lowest BCUT2D eigenvalue weighted by Gasteiger charge is -2.33. The van der Waals surface area contributed by atoms with Crippen LogP contribution in [0.5, 0.6) is 5.75 Å². The first-order chi connectivity index (χ1) is 12.7. The summed E-state index contributed by atoms with van der Waals surface area (Å²) in [6, 6.07) is 7.47. The molecule has 140 valence electrons. The third kappa shape index (κ3) is 4.23. The van der Waals surface area contributed by atoms with Crippen molar-refractivity contribution >= 4 is 5.91 Å². The van der Waals surface area contributed by atoms with Crippen LogP contribution in [-0.2, 0) is 4.79 Å². The molecule has 0 N–H and O–H groups in total. The Labute approximate surface area is 154 Å². The van der Waals surface area contributed by atoms with Gasteiger partial charge in [0, 0.05) is 18.5 Å². The van der Waals surface area contributed by atoms with Gasteiger partial charge < -0.3 is 14.2 Å². The summed E-state index contributed by atoms with van der Waals surface area (Å²) >= 11 is 0. The van der Waals surface area contributed by atoms with Crippen molar-refractivity contribution in [2.45, 2.75) is 57.9 Å². The van der Waals surface area contributed by atoms with Crippen molar-refractivity contribution in [3.63, 3.8) is 0 Å². The van der Waals surface area contributed by atoms with E-state index in [1.165, 1.54) is 0 Å². The first kappa shape index (κ1) is 18.4. The number of ether oxygens (including phenoxy) is 1. The Balaban J connectivity index is 1.76. The summed E-state index contributed by atoms with van der Waals surface area (Å²) < 4.78 is 10.8. The van der Waals surface area contributed by atoms with Crippen molar-refractivity contribution in [2.24, 2.45) is 0 Å². The molecule has 1 saturated heterocycles. The SMILES string of the molecule is CCCCCC(=O)N1CCCC[C@H]1c1nc(-c2cccc(OC)c2)no1. The topological polar surface area (TPSA) is 68.5 Å². The third-order valence-corrected chi connectivity index (χ3v) is 4.87. The molecular formula is C20H27N3O3. The number of nitrogens with zero attached hydrogens (tertiary/aromatic N) is 3. The van der Waals surface area contributed by atoms with E-state index in [1.54, 1.807) is 7.11 Å². The van der Waals surface area contributed by atoms with E-state index in [2.05, 4.69) is 17.1 Å². The maximum Gasteiger partial charge on any atom is 0.249 e. The predicted octanol–water partition coefficient (Wildman–Crippen LogP) is 4.38. The Kier molecular flexibility index (Phi) is 6.26. The Bertz CT molecular complexity index is 729. The molecule has 1 atom stereocenters. The molecule has 0 saturated carbocycles. The predicted molar refractivity (Wildman–Crippen MR) is 98.7 cm³/mol. The molecular weight excluding hydrogens is 330 g/mol. The van der Waals surface area contributed by atoms with E-state index in [-0.39, 0.29) is 11.9 Å². The number of unbranched alkanes of at least 4 members (excludes halogenated alkanes) is 2. The van der Waals surface area contributed by atoms with Crippen molar-refractivity contribution in [1.82, 2.24) is 15.0 Å². The quantitative estimate of drug-likeness (QED) is 0.688. The minimum absolute atomic E-state index is 0.107. The van der Waals surface area contributed by atoms with Crippen molar-refractivity contribution in [2.75, 3.05) is 13.7 Å². The van der Waals surface area contributed by atoms with Crippen molar-refractivity contribution in [1.29, 1.82) is 0 Å². The molecule has 2 heterocycles. The van der Waals surface area contributed by atoms with Gasteiger partial charge in [-0.15, -0.1) is 0 Å². The number of methoxy groups -OCH3 is 1. The molecule has 3 rings (SSSR count). The fraction of sp³-hybridized carbons (Fsp3) is 0.550. The molecule has 0 spiro atoms. The molecule has 1 aliphatic heterocycles. The van der Waals surface area contributed by atoms with Crippen molar-refractivity contribution in [3.05, 3.63) is 30.2 Å². The highest BCUT2D eigenvalue weighted by atomic mass is 16.5. The van der Waals surface area contributed by atoms with E-state index in [9.17, 15) is 4.79 Å². The number of likely N-dealkylation sites (tertiary alicyclic amines) is 1. The number of hydrogen-bond donors (Lipinski definition) is 0. The third-order valence-electron chi connectivity index (χ3n) is 4.87. The van der Waals surface area contributed by atoms with E-state index in [0.29, 0.717) is 18.1 Å². The van der Waals surface area contributed by atoms with Gasteiger partial charge in [0.15, 0.2) is 0 Å². The minimum atomic E-state index is -0.107. The molecule has 0 aliphatic carbocycles. The molecule has 1 aromatic carbocycles. The van der Waals surface area contributed by atoms with Crippen LogP contribution in [0, 0.1) is 0 Å². The van der Waals surface area contributed by atoms with Gasteiger partial charge >= 0.3 is 0 Å². The van der Waals surface area contributed by atoms with Crippen LogP contribution in [0.4, 0.5) is 0 Å². The molecule has 1 aliphatic rings. The monoisotopic (exact) mass is 357 g/mol. The lowest BCUT2D eigenvalue weighted by molar-refractivity contribution is -0.135. The Morgan fingerprint density at radius 1 is 1.35 bits per heavy atom. The molecule has 0 radical (unpaired) electrons. The summed E-state index contributed by atoms with van der Waals surface area (Å²) in [5, 5.41) is 4.13. The van der Waals surface area contributed by atoms with E-state index in [4.69, 9.17) is 9.26 Å². The molecule has 1 fully saturated rings. The van der Waals surface area contributed by atoms with E-state index >= 15 is 0 Å². The zero-order valence-electron chi connectivity index (χ0n) is 15.6. The lowest BCUT2D eigenvalue weighted by Crippen LogP contribution is -2.38. The van der Waals surface area contributed by atoms with Crippen LogP contribution in [-0.4, -0.2) is 34.6 Å². The second-order valence-corrected chi connectivity index (χ2v) is 6.74. The largest absolute Gasteiger partial charge is 0.497 e.